The summed E-state index contributed by atoms with van der Waals surface area (Å²) >= 11 is 1.68. The largest absolute Gasteiger partial charge is 0.356 e. The maximum absolute atomic E-state index is 12.4. The molecular formula is C18H30N4OS. The molecule has 3 rings (SSSR count). The number of amides is 1. The van der Waals surface area contributed by atoms with Gasteiger partial charge in [0.25, 0.3) is 0 Å². The zero-order valence-electron chi connectivity index (χ0n) is 15.0. The highest BCUT2D eigenvalue weighted by atomic mass is 32.2. The van der Waals surface area contributed by atoms with E-state index in [-0.39, 0.29) is 11.3 Å². The van der Waals surface area contributed by atoms with Crippen molar-refractivity contribution in [2.45, 2.75) is 82.3 Å². The van der Waals surface area contributed by atoms with Gasteiger partial charge in [-0.3, -0.25) is 4.79 Å². The maximum Gasteiger partial charge on any atom is 0.225 e. The van der Waals surface area contributed by atoms with Crippen LogP contribution in [0.2, 0.25) is 0 Å². The predicted octanol–water partition coefficient (Wildman–Crippen LogP) is 3.74. The fraction of sp³-hybridized carbons (Fsp3) is 0.833. The SMILES string of the molecule is CSc1nnc(CCCNC(=O)C2(C)CCCC2)n1C1CCCC1. The Balaban J connectivity index is 1.51. The van der Waals surface area contributed by atoms with Gasteiger partial charge in [-0.1, -0.05) is 44.4 Å². The number of carbonyl (C=O) groups excluding carboxylic acids is 1. The first kappa shape index (κ1) is 17.8. The van der Waals surface area contributed by atoms with Gasteiger partial charge in [-0.15, -0.1) is 10.2 Å². The number of hydrogen-bond donors (Lipinski definition) is 1. The molecule has 1 N–H and O–H groups in total. The van der Waals surface area contributed by atoms with Crippen LogP contribution >= 0.6 is 11.8 Å². The molecular weight excluding hydrogens is 320 g/mol. The number of aromatic nitrogens is 3. The van der Waals surface area contributed by atoms with Crippen molar-refractivity contribution in [1.29, 1.82) is 0 Å². The lowest BCUT2D eigenvalue weighted by Gasteiger charge is -2.22. The second-order valence-electron chi connectivity index (χ2n) is 7.54. The van der Waals surface area contributed by atoms with Crippen molar-refractivity contribution < 1.29 is 4.79 Å². The minimum atomic E-state index is -0.129. The van der Waals surface area contributed by atoms with Gasteiger partial charge in [0.2, 0.25) is 5.91 Å². The van der Waals surface area contributed by atoms with Crippen LogP contribution in [-0.4, -0.2) is 33.5 Å². The summed E-state index contributed by atoms with van der Waals surface area (Å²) in [6, 6.07) is 0.574. The quantitative estimate of drug-likeness (QED) is 0.601. The van der Waals surface area contributed by atoms with Gasteiger partial charge in [-0.2, -0.15) is 0 Å². The monoisotopic (exact) mass is 350 g/mol. The van der Waals surface area contributed by atoms with Gasteiger partial charge in [-0.25, -0.2) is 0 Å². The molecule has 0 aliphatic heterocycles. The smallest absolute Gasteiger partial charge is 0.225 e. The van der Waals surface area contributed by atoms with Crippen molar-refractivity contribution in [2.24, 2.45) is 5.41 Å². The third kappa shape index (κ3) is 3.79. The van der Waals surface area contributed by atoms with Crippen molar-refractivity contribution in [3.05, 3.63) is 5.82 Å². The first-order valence-electron chi connectivity index (χ1n) is 9.40. The number of nitrogens with one attached hydrogen (secondary N) is 1. The summed E-state index contributed by atoms with van der Waals surface area (Å²) in [4.78, 5) is 12.4. The Morgan fingerprint density at radius 1 is 1.25 bits per heavy atom. The van der Waals surface area contributed by atoms with Gasteiger partial charge in [0.05, 0.1) is 0 Å². The Morgan fingerprint density at radius 3 is 2.62 bits per heavy atom. The Morgan fingerprint density at radius 2 is 1.96 bits per heavy atom. The van der Waals surface area contributed by atoms with Crippen LogP contribution in [0, 0.1) is 5.41 Å². The third-order valence-corrected chi connectivity index (χ3v) is 6.37. The van der Waals surface area contributed by atoms with Gasteiger partial charge in [0.1, 0.15) is 5.82 Å². The van der Waals surface area contributed by atoms with Crippen LogP contribution in [0.15, 0.2) is 5.16 Å². The molecule has 2 aliphatic carbocycles. The molecule has 24 heavy (non-hydrogen) atoms. The predicted molar refractivity (Wildman–Crippen MR) is 97.2 cm³/mol. The fourth-order valence-electron chi connectivity index (χ4n) is 4.19. The second-order valence-corrected chi connectivity index (χ2v) is 8.31. The lowest BCUT2D eigenvalue weighted by molar-refractivity contribution is -0.129. The first-order chi connectivity index (χ1) is 11.6. The van der Waals surface area contributed by atoms with Crippen molar-refractivity contribution in [3.63, 3.8) is 0 Å². The molecule has 1 heterocycles. The zero-order valence-corrected chi connectivity index (χ0v) is 15.8. The van der Waals surface area contributed by atoms with Gasteiger partial charge in [0.15, 0.2) is 5.16 Å². The molecule has 0 saturated heterocycles. The van der Waals surface area contributed by atoms with Crippen molar-refractivity contribution in [2.75, 3.05) is 12.8 Å². The molecule has 1 amide bonds. The van der Waals surface area contributed by atoms with E-state index >= 15 is 0 Å². The molecule has 2 saturated carbocycles. The van der Waals surface area contributed by atoms with E-state index in [4.69, 9.17) is 0 Å². The van der Waals surface area contributed by atoms with Crippen LogP contribution in [0.4, 0.5) is 0 Å². The molecule has 5 nitrogen and oxygen atoms in total. The van der Waals surface area contributed by atoms with Crippen LogP contribution in [0.5, 0.6) is 0 Å². The van der Waals surface area contributed by atoms with E-state index in [9.17, 15) is 4.79 Å². The molecule has 0 bridgehead atoms. The third-order valence-electron chi connectivity index (χ3n) is 5.73. The van der Waals surface area contributed by atoms with Crippen molar-refractivity contribution in [3.8, 4) is 0 Å². The van der Waals surface area contributed by atoms with E-state index in [0.717, 1.165) is 43.2 Å². The lowest BCUT2D eigenvalue weighted by atomic mass is 9.88. The average molecular weight is 351 g/mol. The molecule has 0 radical (unpaired) electrons. The van der Waals surface area contributed by atoms with E-state index in [0.29, 0.717) is 6.04 Å². The summed E-state index contributed by atoms with van der Waals surface area (Å²) in [6.45, 7) is 2.84. The molecule has 0 spiro atoms. The van der Waals surface area contributed by atoms with E-state index in [1.165, 1.54) is 38.5 Å². The number of aryl methyl sites for hydroxylation is 1. The highest BCUT2D eigenvalue weighted by Gasteiger charge is 2.35. The van der Waals surface area contributed by atoms with E-state index in [1.54, 1.807) is 11.8 Å². The van der Waals surface area contributed by atoms with Gasteiger partial charge in [0, 0.05) is 24.4 Å². The number of nitrogens with zero attached hydrogens (tertiary/aromatic N) is 3. The molecule has 2 aliphatic rings. The standard InChI is InChI=1S/C18H30N4OS/c1-18(11-5-6-12-18)16(23)19-13-7-10-15-20-21-17(24-2)22(15)14-8-3-4-9-14/h14H,3-13H2,1-2H3,(H,19,23). The number of carbonyl (C=O) groups is 1. The van der Waals surface area contributed by atoms with Gasteiger partial charge in [-0.05, 0) is 38.4 Å². The molecule has 2 fully saturated rings. The number of thioether (sulfide) groups is 1. The number of rotatable bonds is 7. The highest BCUT2D eigenvalue weighted by Crippen LogP contribution is 2.37. The Kier molecular flexibility index (Phi) is 5.85. The summed E-state index contributed by atoms with van der Waals surface area (Å²) < 4.78 is 2.36. The summed E-state index contributed by atoms with van der Waals surface area (Å²) in [5, 5.41) is 13.0. The topological polar surface area (TPSA) is 59.8 Å². The van der Waals surface area contributed by atoms with Crippen molar-refractivity contribution >= 4 is 17.7 Å². The molecule has 1 aromatic heterocycles. The van der Waals surface area contributed by atoms with Crippen LogP contribution in [-0.2, 0) is 11.2 Å². The summed E-state index contributed by atoms with van der Waals surface area (Å²) in [5.41, 5.74) is -0.129. The van der Waals surface area contributed by atoms with E-state index in [1.807, 2.05) is 0 Å². The first-order valence-corrected chi connectivity index (χ1v) is 10.6. The molecule has 0 unspecified atom stereocenters. The normalized spacial score (nSPS) is 20.6. The average Bonchev–Trinajstić information content (AvgIpc) is 3.31. The highest BCUT2D eigenvalue weighted by molar-refractivity contribution is 7.98. The molecule has 6 heteroatoms. The fourth-order valence-corrected chi connectivity index (χ4v) is 4.76. The number of hydrogen-bond acceptors (Lipinski definition) is 4. The van der Waals surface area contributed by atoms with Crippen LogP contribution in [0.1, 0.15) is 76.6 Å². The van der Waals surface area contributed by atoms with Crippen LogP contribution in [0.25, 0.3) is 0 Å². The van der Waals surface area contributed by atoms with Crippen LogP contribution in [0.3, 0.4) is 0 Å². The lowest BCUT2D eigenvalue weighted by Crippen LogP contribution is -2.37. The molecule has 0 atom stereocenters. The Labute approximate surface area is 149 Å². The molecule has 1 aromatic rings. The molecule has 0 aromatic carbocycles. The Hall–Kier alpha value is -1.04. The van der Waals surface area contributed by atoms with Gasteiger partial charge < -0.3 is 9.88 Å². The zero-order chi connectivity index (χ0) is 17.0. The second kappa shape index (κ2) is 7.89. The minimum Gasteiger partial charge on any atom is -0.356 e. The van der Waals surface area contributed by atoms with Crippen molar-refractivity contribution in [1.82, 2.24) is 20.1 Å². The van der Waals surface area contributed by atoms with Gasteiger partial charge >= 0.3 is 0 Å². The van der Waals surface area contributed by atoms with E-state index < -0.39 is 0 Å². The minimum absolute atomic E-state index is 0.129. The van der Waals surface area contributed by atoms with Crippen LogP contribution < -0.4 is 5.32 Å². The Bertz CT molecular complexity index is 559. The maximum atomic E-state index is 12.4. The summed E-state index contributed by atoms with van der Waals surface area (Å²) in [5.74, 6) is 1.33. The molecule has 134 valence electrons. The summed E-state index contributed by atoms with van der Waals surface area (Å²) in [7, 11) is 0. The summed E-state index contributed by atoms with van der Waals surface area (Å²) in [6.07, 6.45) is 13.4. The van der Waals surface area contributed by atoms with E-state index in [2.05, 4.69) is 33.3 Å².